The summed E-state index contributed by atoms with van der Waals surface area (Å²) in [5, 5.41) is 3.07. The van der Waals surface area contributed by atoms with Crippen molar-refractivity contribution in [1.29, 1.82) is 0 Å². The van der Waals surface area contributed by atoms with Gasteiger partial charge >= 0.3 is 13.8 Å². The number of unbranched alkanes of at least 4 members (excludes halogenated alkanes) is 30. The van der Waals surface area contributed by atoms with Crippen molar-refractivity contribution < 1.29 is 37.3 Å². The number of carbonyl (C=O) groups is 2. The molecule has 0 aromatic rings. The van der Waals surface area contributed by atoms with E-state index in [0.29, 0.717) is 17.4 Å². The minimum Gasteiger partial charge on any atom is -0.456 e. The van der Waals surface area contributed by atoms with Gasteiger partial charge in [0.25, 0.3) is 0 Å². The van der Waals surface area contributed by atoms with E-state index in [1.54, 1.807) is 0 Å². The molecule has 0 radical (unpaired) electrons. The molecular formula is C80H140N2O7P+. The molecule has 0 spiro atoms. The number of carbonyl (C=O) groups excluding carboxylic acids is 2. The van der Waals surface area contributed by atoms with Crippen LogP contribution < -0.4 is 5.32 Å². The first-order chi connectivity index (χ1) is 43.9. The van der Waals surface area contributed by atoms with Crippen LogP contribution in [0, 0.1) is 0 Å². The fourth-order valence-corrected chi connectivity index (χ4v) is 10.9. The molecule has 10 heteroatoms. The molecule has 0 rings (SSSR count). The van der Waals surface area contributed by atoms with E-state index in [4.69, 9.17) is 13.8 Å². The number of esters is 1. The predicted molar refractivity (Wildman–Crippen MR) is 392 cm³/mol. The van der Waals surface area contributed by atoms with Crippen molar-refractivity contribution in [2.75, 3.05) is 40.9 Å². The van der Waals surface area contributed by atoms with Crippen molar-refractivity contribution in [3.05, 3.63) is 134 Å². The Morgan fingerprint density at radius 1 is 0.400 bits per heavy atom. The predicted octanol–water partition coefficient (Wildman–Crippen LogP) is 24.0. The molecule has 0 heterocycles. The van der Waals surface area contributed by atoms with Gasteiger partial charge in [-0.3, -0.25) is 18.6 Å². The van der Waals surface area contributed by atoms with Crippen LogP contribution in [0.15, 0.2) is 134 Å². The van der Waals surface area contributed by atoms with Gasteiger partial charge in [-0.2, -0.15) is 0 Å². The van der Waals surface area contributed by atoms with Gasteiger partial charge in [0.2, 0.25) is 5.91 Å². The molecule has 3 unspecified atom stereocenters. The number of quaternary nitrogens is 1. The van der Waals surface area contributed by atoms with Crippen LogP contribution in [0.25, 0.3) is 0 Å². The average Bonchev–Trinajstić information content (AvgIpc) is 3.12. The summed E-state index contributed by atoms with van der Waals surface area (Å²) < 4.78 is 30.9. The summed E-state index contributed by atoms with van der Waals surface area (Å²) in [6.45, 7) is 6.87. The van der Waals surface area contributed by atoms with Gasteiger partial charge in [0.05, 0.1) is 33.8 Å². The van der Waals surface area contributed by atoms with E-state index >= 15 is 0 Å². The fourth-order valence-electron chi connectivity index (χ4n) is 10.2. The first kappa shape index (κ1) is 86.2. The van der Waals surface area contributed by atoms with Gasteiger partial charge in [0, 0.05) is 12.8 Å². The number of allylic oxidation sites excluding steroid dienone is 21. The smallest absolute Gasteiger partial charge is 0.456 e. The van der Waals surface area contributed by atoms with E-state index in [2.05, 4.69) is 148 Å². The first-order valence-electron chi connectivity index (χ1n) is 37.0. The number of ether oxygens (including phenoxy) is 1. The highest BCUT2D eigenvalue weighted by molar-refractivity contribution is 7.47. The number of rotatable bonds is 66. The third-order valence-electron chi connectivity index (χ3n) is 15.8. The molecule has 0 aromatic heterocycles. The SMILES string of the molecule is CC/C=C\C/C=C\C/C=C\C/C=C\C/C=C\C/C=C\CCCCCCCCCCC(=O)OC(/C=C/CCCCCCCCCCCC)C(COP(=O)(O)OCC[N+](C)(C)C)NC(=O)CCCCCCCCCCC/C=C\C/C=C\C/C=C\C/C=C\CCCCC. The highest BCUT2D eigenvalue weighted by atomic mass is 31.2. The highest BCUT2D eigenvalue weighted by Gasteiger charge is 2.30. The number of hydrogen-bond donors (Lipinski definition) is 2. The van der Waals surface area contributed by atoms with Gasteiger partial charge < -0.3 is 19.4 Å². The molecule has 90 heavy (non-hydrogen) atoms. The Hall–Kier alpha value is -3.85. The van der Waals surface area contributed by atoms with Crippen molar-refractivity contribution in [3.63, 3.8) is 0 Å². The molecule has 0 aliphatic rings. The first-order valence-corrected chi connectivity index (χ1v) is 38.5. The van der Waals surface area contributed by atoms with Crippen molar-refractivity contribution in [2.24, 2.45) is 0 Å². The normalized spacial score (nSPS) is 14.3. The Labute approximate surface area is 556 Å². The summed E-state index contributed by atoms with van der Waals surface area (Å²) in [6, 6.07) is -0.866. The number of phosphoric acid groups is 1. The van der Waals surface area contributed by atoms with Crippen LogP contribution in [0.4, 0.5) is 0 Å². The van der Waals surface area contributed by atoms with Crippen LogP contribution in [-0.2, 0) is 27.9 Å². The van der Waals surface area contributed by atoms with E-state index in [9.17, 15) is 19.0 Å². The third kappa shape index (κ3) is 68.5. The van der Waals surface area contributed by atoms with Gasteiger partial charge in [0.15, 0.2) is 0 Å². The van der Waals surface area contributed by atoms with E-state index in [-0.39, 0.29) is 31.5 Å². The zero-order chi connectivity index (χ0) is 65.6. The topological polar surface area (TPSA) is 111 Å². The lowest BCUT2D eigenvalue weighted by Gasteiger charge is -2.27. The Bertz CT molecular complexity index is 2000. The molecule has 0 saturated carbocycles. The maximum absolute atomic E-state index is 13.6. The second-order valence-corrected chi connectivity index (χ2v) is 27.2. The number of amides is 1. The van der Waals surface area contributed by atoms with Gasteiger partial charge in [-0.25, -0.2) is 4.57 Å². The zero-order valence-electron chi connectivity index (χ0n) is 59.1. The number of hydrogen-bond acceptors (Lipinski definition) is 6. The summed E-state index contributed by atoms with van der Waals surface area (Å²) in [5.74, 6) is -0.524. The molecule has 0 aliphatic heterocycles. The molecule has 2 N–H and O–H groups in total. The quantitative estimate of drug-likeness (QED) is 0.0205. The summed E-state index contributed by atoms with van der Waals surface area (Å²) in [5.41, 5.74) is 0. The molecule has 516 valence electrons. The van der Waals surface area contributed by atoms with Crippen molar-refractivity contribution >= 4 is 19.7 Å². The zero-order valence-corrected chi connectivity index (χ0v) is 60.0. The lowest BCUT2D eigenvalue weighted by molar-refractivity contribution is -0.870. The number of phosphoric ester groups is 1. The second-order valence-electron chi connectivity index (χ2n) is 25.7. The van der Waals surface area contributed by atoms with E-state index < -0.39 is 20.0 Å². The molecular weight excluding hydrogens is 1130 g/mol. The van der Waals surface area contributed by atoms with Gasteiger partial charge in [-0.1, -0.05) is 302 Å². The monoisotopic (exact) mass is 1270 g/mol. The number of nitrogens with zero attached hydrogens (tertiary/aromatic N) is 1. The molecule has 0 aromatic carbocycles. The Kier molecular flexibility index (Phi) is 65.1. The Morgan fingerprint density at radius 3 is 1.09 bits per heavy atom. The van der Waals surface area contributed by atoms with Crippen LogP contribution >= 0.6 is 7.82 Å². The third-order valence-corrected chi connectivity index (χ3v) is 16.8. The largest absolute Gasteiger partial charge is 0.472 e. The molecule has 1 amide bonds. The van der Waals surface area contributed by atoms with Crippen LogP contribution in [0.5, 0.6) is 0 Å². The summed E-state index contributed by atoms with van der Waals surface area (Å²) in [6.07, 6.45) is 97.5. The fraction of sp³-hybridized carbons (Fsp3) is 0.700. The van der Waals surface area contributed by atoms with Gasteiger partial charge in [0.1, 0.15) is 19.3 Å². The molecule has 0 bridgehead atoms. The van der Waals surface area contributed by atoms with Crippen molar-refractivity contribution in [1.82, 2.24) is 5.32 Å². The lowest BCUT2D eigenvalue weighted by atomic mass is 10.0. The minimum absolute atomic E-state index is 0.0311. The van der Waals surface area contributed by atoms with Crippen LogP contribution in [0.2, 0.25) is 0 Å². The Balaban J connectivity index is 5.08. The standard InChI is InChI=1S/C80H139N2O7P/c1-7-10-13-16-19-22-25-28-30-32-34-36-38-40-41-43-45-47-49-51-53-55-58-61-64-67-70-73-80(84)89-78(71-68-65-62-59-56-27-24-21-18-15-12-9-3)77(76-88-90(85,86)87-75-74-82(4,5)6)81-79(83)72-69-66-63-60-57-54-52-50-48-46-44-42-39-37-35-33-31-29-26-23-20-17-14-11-8-2/h10,13,19-20,22-23,28-31,34-37,40-42,44-45,47,68,71,77-78H,7-9,11-12,14-18,21,24-27,32-33,38-39,43,46,48-67,69-70,72-76H2,1-6H3,(H-,81,83,85,86)/p+1/b13-10-,22-19-,23-20-,30-28-,31-29-,36-34-,37-35-,41-40-,44-42-,47-45-,71-68+. The van der Waals surface area contributed by atoms with Crippen LogP contribution in [-0.4, -0.2) is 74.3 Å². The maximum Gasteiger partial charge on any atom is 0.472 e. The van der Waals surface area contributed by atoms with Crippen molar-refractivity contribution in [3.8, 4) is 0 Å². The maximum atomic E-state index is 13.6. The molecule has 0 fully saturated rings. The number of nitrogens with one attached hydrogen (secondary N) is 1. The molecule has 0 saturated heterocycles. The van der Waals surface area contributed by atoms with E-state index in [0.717, 1.165) is 141 Å². The van der Waals surface area contributed by atoms with E-state index in [1.165, 1.54) is 135 Å². The van der Waals surface area contributed by atoms with E-state index in [1.807, 2.05) is 33.3 Å². The summed E-state index contributed by atoms with van der Waals surface area (Å²) >= 11 is 0. The Morgan fingerprint density at radius 2 is 0.711 bits per heavy atom. The summed E-state index contributed by atoms with van der Waals surface area (Å²) in [7, 11) is 1.47. The van der Waals surface area contributed by atoms with Gasteiger partial charge in [-0.05, 0) is 128 Å². The van der Waals surface area contributed by atoms with Crippen LogP contribution in [0.3, 0.4) is 0 Å². The molecule has 0 aliphatic carbocycles. The average molecular weight is 1270 g/mol. The second kappa shape index (κ2) is 68.0. The lowest BCUT2D eigenvalue weighted by Crippen LogP contribution is -2.47. The minimum atomic E-state index is -4.47. The molecule has 9 nitrogen and oxygen atoms in total. The van der Waals surface area contributed by atoms with Crippen LogP contribution in [0.1, 0.15) is 310 Å². The summed E-state index contributed by atoms with van der Waals surface area (Å²) in [4.78, 5) is 38.0. The van der Waals surface area contributed by atoms with Gasteiger partial charge in [-0.15, -0.1) is 0 Å². The molecule has 3 atom stereocenters. The van der Waals surface area contributed by atoms with Crippen molar-refractivity contribution in [2.45, 2.75) is 322 Å². The number of likely N-dealkylation sites (N-methyl/N-ethyl adjacent to an activating group) is 1. The highest BCUT2D eigenvalue weighted by Crippen LogP contribution is 2.43.